The fourth-order valence-corrected chi connectivity index (χ4v) is 6.24. The molecule has 43 heavy (non-hydrogen) atoms. The number of aryl methyl sites for hydroxylation is 1. The molecule has 0 radical (unpaired) electrons. The van der Waals surface area contributed by atoms with Gasteiger partial charge >= 0.3 is 0 Å². The number of anilines is 1. The summed E-state index contributed by atoms with van der Waals surface area (Å²) >= 11 is 6.11. The van der Waals surface area contributed by atoms with Crippen LogP contribution in [0.25, 0.3) is 0 Å². The van der Waals surface area contributed by atoms with Crippen LogP contribution in [0.4, 0.5) is 5.69 Å². The summed E-state index contributed by atoms with van der Waals surface area (Å²) in [6.45, 7) is 1.33. The van der Waals surface area contributed by atoms with Crippen LogP contribution in [0.3, 0.4) is 0 Å². The van der Waals surface area contributed by atoms with E-state index in [1.807, 2.05) is 37.3 Å². The maximum Gasteiger partial charge on any atom is 0.264 e. The minimum atomic E-state index is -4.23. The summed E-state index contributed by atoms with van der Waals surface area (Å²) in [5, 5.41) is 3.20. The summed E-state index contributed by atoms with van der Waals surface area (Å²) in [5.41, 5.74) is 2.66. The lowest BCUT2D eigenvalue weighted by Gasteiger charge is -2.34. The van der Waals surface area contributed by atoms with Crippen molar-refractivity contribution in [2.24, 2.45) is 0 Å². The van der Waals surface area contributed by atoms with Crippen LogP contribution in [0.15, 0.2) is 108 Å². The second-order valence-corrected chi connectivity index (χ2v) is 12.3. The fraction of sp³-hybridized carbons (Fsp3) is 0.212. The van der Waals surface area contributed by atoms with Crippen LogP contribution in [-0.4, -0.2) is 51.9 Å². The minimum Gasteiger partial charge on any atom is -0.495 e. The zero-order valence-corrected chi connectivity index (χ0v) is 25.8. The van der Waals surface area contributed by atoms with Crippen molar-refractivity contribution in [3.63, 3.8) is 0 Å². The fourth-order valence-electron chi connectivity index (χ4n) is 4.69. The van der Waals surface area contributed by atoms with Gasteiger partial charge in [-0.1, -0.05) is 83.9 Å². The van der Waals surface area contributed by atoms with Gasteiger partial charge in [-0.15, -0.1) is 0 Å². The first kappa shape index (κ1) is 31.6. The van der Waals surface area contributed by atoms with Gasteiger partial charge in [0.1, 0.15) is 18.3 Å². The largest absolute Gasteiger partial charge is 0.495 e. The van der Waals surface area contributed by atoms with Crippen molar-refractivity contribution in [2.45, 2.75) is 30.8 Å². The monoisotopic (exact) mass is 619 g/mol. The first-order chi connectivity index (χ1) is 20.6. The molecular weight excluding hydrogens is 586 g/mol. The molecule has 0 fully saturated rings. The first-order valence-corrected chi connectivity index (χ1v) is 15.5. The Balaban J connectivity index is 1.81. The molecule has 1 N–H and O–H groups in total. The predicted octanol–water partition coefficient (Wildman–Crippen LogP) is 5.24. The molecule has 0 aromatic heterocycles. The molecule has 4 rings (SSSR count). The second-order valence-electron chi connectivity index (χ2n) is 9.96. The van der Waals surface area contributed by atoms with E-state index in [9.17, 15) is 18.0 Å². The van der Waals surface area contributed by atoms with Crippen molar-refractivity contribution >= 4 is 39.1 Å². The van der Waals surface area contributed by atoms with E-state index in [2.05, 4.69) is 5.32 Å². The number of carbonyl (C=O) groups is 2. The van der Waals surface area contributed by atoms with Crippen molar-refractivity contribution in [3.05, 3.63) is 125 Å². The topological polar surface area (TPSA) is 96.0 Å². The summed E-state index contributed by atoms with van der Waals surface area (Å²) in [5.74, 6) is -0.667. The number of hydrogen-bond acceptors (Lipinski definition) is 5. The summed E-state index contributed by atoms with van der Waals surface area (Å²) in [6, 6.07) is 28.4. The highest BCUT2D eigenvalue weighted by atomic mass is 35.5. The average molecular weight is 620 g/mol. The Morgan fingerprint density at radius 2 is 1.49 bits per heavy atom. The minimum absolute atomic E-state index is 0.0215. The molecule has 0 unspecified atom stereocenters. The number of rotatable bonds is 12. The SMILES string of the molecule is CNC(=O)[C@H](Cc1ccccc1)N(Cc1ccc(Cl)cc1)C(=O)CN(c1ccccc1OC)S(=O)(=O)c1ccc(C)cc1. The highest BCUT2D eigenvalue weighted by Gasteiger charge is 2.35. The Bertz CT molecular complexity index is 1650. The van der Waals surface area contributed by atoms with Crippen molar-refractivity contribution in [1.29, 1.82) is 0 Å². The Morgan fingerprint density at radius 1 is 0.860 bits per heavy atom. The highest BCUT2D eigenvalue weighted by molar-refractivity contribution is 7.92. The van der Waals surface area contributed by atoms with Crippen LogP contribution in [0.5, 0.6) is 5.75 Å². The van der Waals surface area contributed by atoms with E-state index in [4.69, 9.17) is 16.3 Å². The number of benzene rings is 4. The number of methoxy groups -OCH3 is 1. The van der Waals surface area contributed by atoms with E-state index >= 15 is 0 Å². The number of sulfonamides is 1. The number of nitrogens with one attached hydrogen (secondary N) is 1. The number of para-hydroxylation sites is 2. The molecule has 2 amide bonds. The van der Waals surface area contributed by atoms with Gasteiger partial charge in [-0.2, -0.15) is 0 Å². The summed E-state index contributed by atoms with van der Waals surface area (Å²) < 4.78 is 34.8. The maximum atomic E-state index is 14.4. The smallest absolute Gasteiger partial charge is 0.264 e. The lowest BCUT2D eigenvalue weighted by molar-refractivity contribution is -0.139. The number of ether oxygens (including phenoxy) is 1. The number of hydrogen-bond donors (Lipinski definition) is 1. The summed E-state index contributed by atoms with van der Waals surface area (Å²) in [6.07, 6.45) is 0.221. The molecule has 8 nitrogen and oxygen atoms in total. The van der Waals surface area contributed by atoms with Crippen LogP contribution in [0.1, 0.15) is 16.7 Å². The zero-order chi connectivity index (χ0) is 31.0. The van der Waals surface area contributed by atoms with E-state index < -0.39 is 28.5 Å². The Kier molecular flexibility index (Phi) is 10.4. The molecule has 10 heteroatoms. The van der Waals surface area contributed by atoms with Gasteiger partial charge in [-0.25, -0.2) is 8.42 Å². The van der Waals surface area contributed by atoms with Crippen molar-refractivity contribution in [2.75, 3.05) is 25.0 Å². The molecule has 0 heterocycles. The molecule has 0 saturated carbocycles. The zero-order valence-electron chi connectivity index (χ0n) is 24.2. The van der Waals surface area contributed by atoms with E-state index in [-0.39, 0.29) is 35.2 Å². The number of carbonyl (C=O) groups excluding carboxylic acids is 2. The van der Waals surface area contributed by atoms with Crippen molar-refractivity contribution in [1.82, 2.24) is 10.2 Å². The molecule has 0 aliphatic rings. The molecule has 4 aromatic rings. The molecule has 0 aliphatic heterocycles. The van der Waals surface area contributed by atoms with E-state index in [1.165, 1.54) is 31.2 Å². The number of likely N-dealkylation sites (N-methyl/N-ethyl adjacent to an activating group) is 1. The van der Waals surface area contributed by atoms with Gasteiger partial charge in [-0.3, -0.25) is 13.9 Å². The predicted molar refractivity (Wildman–Crippen MR) is 169 cm³/mol. The van der Waals surface area contributed by atoms with Gasteiger partial charge in [0.2, 0.25) is 11.8 Å². The molecule has 0 saturated heterocycles. The lowest BCUT2D eigenvalue weighted by Crippen LogP contribution is -2.53. The molecule has 0 spiro atoms. The third kappa shape index (κ3) is 7.74. The third-order valence-electron chi connectivity index (χ3n) is 7.03. The van der Waals surface area contributed by atoms with Gasteiger partial charge < -0.3 is 15.0 Å². The Hall–Kier alpha value is -4.34. The van der Waals surface area contributed by atoms with E-state index in [0.717, 1.165) is 21.0 Å². The molecule has 224 valence electrons. The highest BCUT2D eigenvalue weighted by Crippen LogP contribution is 2.32. The Morgan fingerprint density at radius 3 is 2.12 bits per heavy atom. The van der Waals surface area contributed by atoms with Crippen LogP contribution in [0, 0.1) is 6.92 Å². The van der Waals surface area contributed by atoms with Gasteiger partial charge in [0.25, 0.3) is 10.0 Å². The summed E-state index contributed by atoms with van der Waals surface area (Å²) in [4.78, 5) is 29.1. The van der Waals surface area contributed by atoms with Gasteiger partial charge in [0, 0.05) is 25.0 Å². The molecule has 0 bridgehead atoms. The van der Waals surface area contributed by atoms with E-state index in [1.54, 1.807) is 60.7 Å². The normalized spacial score (nSPS) is 11.8. The van der Waals surface area contributed by atoms with Crippen LogP contribution < -0.4 is 14.4 Å². The molecule has 1 atom stereocenters. The summed E-state index contributed by atoms with van der Waals surface area (Å²) in [7, 11) is -1.29. The number of amides is 2. The standard InChI is InChI=1S/C33H34ClN3O5S/c1-24-13-19-28(20-14-24)43(40,41)37(29-11-7-8-12-31(29)42-3)23-32(38)36(22-26-15-17-27(34)18-16-26)30(33(39)35-2)21-25-9-5-4-6-10-25/h4-20,30H,21-23H2,1-3H3,(H,35,39)/t30-/m0/s1. The van der Waals surface area contributed by atoms with Gasteiger partial charge in [0.05, 0.1) is 17.7 Å². The molecular formula is C33H34ClN3O5S. The van der Waals surface area contributed by atoms with E-state index in [0.29, 0.717) is 5.02 Å². The third-order valence-corrected chi connectivity index (χ3v) is 9.05. The lowest BCUT2D eigenvalue weighted by atomic mass is 10.0. The average Bonchev–Trinajstić information content (AvgIpc) is 3.02. The van der Waals surface area contributed by atoms with Crippen LogP contribution >= 0.6 is 11.6 Å². The Labute approximate surface area is 257 Å². The van der Waals surface area contributed by atoms with Gasteiger partial charge in [-0.05, 0) is 54.4 Å². The number of halogens is 1. The van der Waals surface area contributed by atoms with Crippen LogP contribution in [-0.2, 0) is 32.6 Å². The first-order valence-electron chi connectivity index (χ1n) is 13.7. The number of nitrogens with zero attached hydrogens (tertiary/aromatic N) is 2. The van der Waals surface area contributed by atoms with Crippen molar-refractivity contribution < 1.29 is 22.7 Å². The van der Waals surface area contributed by atoms with Crippen LogP contribution in [0.2, 0.25) is 5.02 Å². The molecule has 0 aliphatic carbocycles. The van der Waals surface area contributed by atoms with Gasteiger partial charge in [0.15, 0.2) is 0 Å². The quantitative estimate of drug-likeness (QED) is 0.234. The maximum absolute atomic E-state index is 14.4. The molecule has 4 aromatic carbocycles. The van der Waals surface area contributed by atoms with Crippen molar-refractivity contribution in [3.8, 4) is 5.75 Å². The second kappa shape index (κ2) is 14.2.